The summed E-state index contributed by atoms with van der Waals surface area (Å²) in [5.74, 6) is 0.108. The van der Waals surface area contributed by atoms with Crippen LogP contribution in [0.25, 0.3) is 11.0 Å². The van der Waals surface area contributed by atoms with E-state index in [2.05, 4.69) is 4.98 Å². The van der Waals surface area contributed by atoms with E-state index in [1.54, 1.807) is 37.5 Å². The van der Waals surface area contributed by atoms with Gasteiger partial charge in [0.15, 0.2) is 0 Å². The maximum absolute atomic E-state index is 13.7. The van der Waals surface area contributed by atoms with Gasteiger partial charge in [-0.2, -0.15) is 0 Å². The highest BCUT2D eigenvalue weighted by Crippen LogP contribution is 2.27. The highest BCUT2D eigenvalue weighted by molar-refractivity contribution is 7.98. The van der Waals surface area contributed by atoms with Gasteiger partial charge in [0.05, 0.1) is 5.39 Å². The molecule has 0 bridgehead atoms. The Bertz CT molecular complexity index is 1010. The van der Waals surface area contributed by atoms with Gasteiger partial charge in [-0.05, 0) is 17.7 Å². The number of thioether (sulfide) groups is 1. The van der Waals surface area contributed by atoms with Crippen molar-refractivity contribution >= 4 is 22.8 Å². The second-order valence-corrected chi connectivity index (χ2v) is 6.11. The molecule has 0 aliphatic heterocycles. The largest absolute Gasteiger partial charge is 0.332 e. The molecule has 0 radical (unpaired) electrons. The zero-order valence-electron chi connectivity index (χ0n) is 12.6. The molecule has 2 heterocycles. The molecule has 0 spiro atoms. The number of nitrogens with zero attached hydrogens (tertiary/aromatic N) is 3. The van der Waals surface area contributed by atoms with Crippen molar-refractivity contribution in [1.82, 2.24) is 14.1 Å². The van der Waals surface area contributed by atoms with Gasteiger partial charge in [0.25, 0.3) is 5.56 Å². The standard InChI is InChI=1S/C16H14FN3O2S/c1-19-14-13(15(21)20(2)16(19)22)12(7-8-18-14)23-9-10-5-3-4-6-11(10)17/h3-8H,9H2,1-2H3. The summed E-state index contributed by atoms with van der Waals surface area (Å²) in [6, 6.07) is 8.23. The molecule has 0 unspecified atom stereocenters. The summed E-state index contributed by atoms with van der Waals surface area (Å²) in [5, 5.41) is 0.374. The van der Waals surface area contributed by atoms with Crippen molar-refractivity contribution in [2.75, 3.05) is 0 Å². The second kappa shape index (κ2) is 6.00. The summed E-state index contributed by atoms with van der Waals surface area (Å²) in [6.45, 7) is 0. The predicted octanol–water partition coefficient (Wildman–Crippen LogP) is 2.06. The van der Waals surface area contributed by atoms with E-state index in [-0.39, 0.29) is 5.82 Å². The van der Waals surface area contributed by atoms with Crippen LogP contribution in [0.4, 0.5) is 4.39 Å². The molecular formula is C16H14FN3O2S. The van der Waals surface area contributed by atoms with Crippen molar-refractivity contribution in [2.24, 2.45) is 14.1 Å². The number of pyridine rings is 1. The van der Waals surface area contributed by atoms with E-state index < -0.39 is 11.2 Å². The maximum Gasteiger partial charge on any atom is 0.332 e. The maximum atomic E-state index is 13.7. The molecule has 118 valence electrons. The minimum Gasteiger partial charge on any atom is -0.280 e. The highest BCUT2D eigenvalue weighted by atomic mass is 32.2. The Morgan fingerprint density at radius 1 is 1.13 bits per heavy atom. The van der Waals surface area contributed by atoms with Gasteiger partial charge in [0.1, 0.15) is 11.5 Å². The second-order valence-electron chi connectivity index (χ2n) is 5.09. The molecular weight excluding hydrogens is 317 g/mol. The molecule has 5 nitrogen and oxygen atoms in total. The van der Waals surface area contributed by atoms with Gasteiger partial charge in [-0.15, -0.1) is 11.8 Å². The first kappa shape index (κ1) is 15.5. The molecule has 3 rings (SSSR count). The van der Waals surface area contributed by atoms with Gasteiger partial charge in [0.2, 0.25) is 0 Å². The lowest BCUT2D eigenvalue weighted by atomic mass is 10.2. The summed E-state index contributed by atoms with van der Waals surface area (Å²) >= 11 is 1.35. The van der Waals surface area contributed by atoms with Gasteiger partial charge in [-0.25, -0.2) is 14.2 Å². The molecule has 2 aromatic heterocycles. The fourth-order valence-corrected chi connectivity index (χ4v) is 3.38. The first-order valence-electron chi connectivity index (χ1n) is 6.91. The number of aryl methyl sites for hydroxylation is 1. The van der Waals surface area contributed by atoms with Crippen molar-refractivity contribution in [3.05, 3.63) is 68.7 Å². The van der Waals surface area contributed by atoms with Crippen LogP contribution >= 0.6 is 11.8 Å². The Morgan fingerprint density at radius 2 is 1.87 bits per heavy atom. The molecule has 0 fully saturated rings. The number of aromatic nitrogens is 3. The molecule has 1 aromatic carbocycles. The number of benzene rings is 1. The third-order valence-electron chi connectivity index (χ3n) is 3.64. The fourth-order valence-electron chi connectivity index (χ4n) is 2.35. The quantitative estimate of drug-likeness (QED) is 0.690. The summed E-state index contributed by atoms with van der Waals surface area (Å²) in [5.41, 5.74) is 0.0687. The lowest BCUT2D eigenvalue weighted by molar-refractivity contribution is 0.617. The van der Waals surface area contributed by atoms with Gasteiger partial charge < -0.3 is 0 Å². The summed E-state index contributed by atoms with van der Waals surface area (Å²) in [7, 11) is 3.00. The van der Waals surface area contributed by atoms with E-state index in [1.165, 1.54) is 29.4 Å². The Hall–Kier alpha value is -2.41. The SMILES string of the molecule is Cn1c(=O)c2c(SCc3ccccc3F)ccnc2n(C)c1=O. The van der Waals surface area contributed by atoms with Crippen molar-refractivity contribution in [2.45, 2.75) is 10.6 Å². The third kappa shape index (κ3) is 2.68. The van der Waals surface area contributed by atoms with E-state index in [1.807, 2.05) is 0 Å². The highest BCUT2D eigenvalue weighted by Gasteiger charge is 2.14. The molecule has 3 aromatic rings. The molecule has 7 heteroatoms. The monoisotopic (exact) mass is 331 g/mol. The number of halogens is 1. The van der Waals surface area contributed by atoms with Crippen LogP contribution in [0.5, 0.6) is 0 Å². The van der Waals surface area contributed by atoms with Gasteiger partial charge in [-0.1, -0.05) is 18.2 Å². The minimum absolute atomic E-state index is 0.279. The van der Waals surface area contributed by atoms with E-state index in [4.69, 9.17) is 0 Å². The van der Waals surface area contributed by atoms with Gasteiger partial charge >= 0.3 is 5.69 Å². The van der Waals surface area contributed by atoms with E-state index in [0.717, 1.165) is 4.57 Å². The van der Waals surface area contributed by atoms with Crippen LogP contribution in [0, 0.1) is 5.82 Å². The van der Waals surface area contributed by atoms with Crippen molar-refractivity contribution in [3.63, 3.8) is 0 Å². The number of fused-ring (bicyclic) bond motifs is 1. The molecule has 0 saturated carbocycles. The number of hydrogen-bond donors (Lipinski definition) is 0. The van der Waals surface area contributed by atoms with E-state index in [9.17, 15) is 14.0 Å². The van der Waals surface area contributed by atoms with Crippen LogP contribution in [0.1, 0.15) is 5.56 Å². The predicted molar refractivity (Wildman–Crippen MR) is 88.2 cm³/mol. The van der Waals surface area contributed by atoms with Gasteiger partial charge in [0, 0.05) is 30.9 Å². The average molecular weight is 331 g/mol. The van der Waals surface area contributed by atoms with Crippen LogP contribution in [-0.2, 0) is 19.8 Å². The Kier molecular flexibility index (Phi) is 4.04. The lowest BCUT2D eigenvalue weighted by Gasteiger charge is -2.10. The number of rotatable bonds is 3. The zero-order valence-corrected chi connectivity index (χ0v) is 13.4. The topological polar surface area (TPSA) is 56.9 Å². The lowest BCUT2D eigenvalue weighted by Crippen LogP contribution is -2.37. The summed E-state index contributed by atoms with van der Waals surface area (Å²) < 4.78 is 16.1. The normalized spacial score (nSPS) is 11.1. The van der Waals surface area contributed by atoms with Gasteiger partial charge in [-0.3, -0.25) is 13.9 Å². The Balaban J connectivity index is 2.11. The molecule has 23 heavy (non-hydrogen) atoms. The number of hydrogen-bond acceptors (Lipinski definition) is 4. The fraction of sp³-hybridized carbons (Fsp3) is 0.188. The van der Waals surface area contributed by atoms with Crippen LogP contribution < -0.4 is 11.2 Å². The average Bonchev–Trinajstić information content (AvgIpc) is 2.57. The summed E-state index contributed by atoms with van der Waals surface area (Å²) in [4.78, 5) is 29.2. The summed E-state index contributed by atoms with van der Waals surface area (Å²) in [6.07, 6.45) is 1.55. The van der Waals surface area contributed by atoms with Crippen LogP contribution in [0.15, 0.2) is 51.0 Å². The molecule has 0 atom stereocenters. The first-order chi connectivity index (χ1) is 11.0. The Labute approximate surface area is 135 Å². The van der Waals surface area contributed by atoms with Crippen LogP contribution in [-0.4, -0.2) is 14.1 Å². The molecule has 0 aliphatic rings. The Morgan fingerprint density at radius 3 is 2.61 bits per heavy atom. The molecule has 0 N–H and O–H groups in total. The molecule has 0 amide bonds. The molecule has 0 saturated heterocycles. The zero-order chi connectivity index (χ0) is 16.6. The van der Waals surface area contributed by atoms with Crippen LogP contribution in [0.3, 0.4) is 0 Å². The van der Waals surface area contributed by atoms with Crippen molar-refractivity contribution in [1.29, 1.82) is 0 Å². The minimum atomic E-state index is -0.425. The smallest absolute Gasteiger partial charge is 0.280 e. The third-order valence-corrected chi connectivity index (χ3v) is 4.75. The van der Waals surface area contributed by atoms with E-state index >= 15 is 0 Å². The van der Waals surface area contributed by atoms with Crippen LogP contribution in [0.2, 0.25) is 0 Å². The first-order valence-corrected chi connectivity index (χ1v) is 7.90. The van der Waals surface area contributed by atoms with Crippen molar-refractivity contribution < 1.29 is 4.39 Å². The van der Waals surface area contributed by atoms with Crippen molar-refractivity contribution in [3.8, 4) is 0 Å². The molecule has 0 aliphatic carbocycles. The van der Waals surface area contributed by atoms with E-state index in [0.29, 0.717) is 27.2 Å².